The molecule has 1 aliphatic heterocycles. The number of halogens is 1. The van der Waals surface area contributed by atoms with Crippen LogP contribution in [0.5, 0.6) is 0 Å². The second-order valence-corrected chi connectivity index (χ2v) is 5.92. The fourth-order valence-corrected chi connectivity index (χ4v) is 2.86. The van der Waals surface area contributed by atoms with Gasteiger partial charge < -0.3 is 9.84 Å². The van der Waals surface area contributed by atoms with Crippen molar-refractivity contribution in [3.63, 3.8) is 0 Å². The first-order valence-corrected chi connectivity index (χ1v) is 7.13. The fraction of sp³-hybridized carbons (Fsp3) is 0.600. The van der Waals surface area contributed by atoms with E-state index in [0.29, 0.717) is 0 Å². The molecular weight excluding hydrogens is 262 g/mol. The summed E-state index contributed by atoms with van der Waals surface area (Å²) in [6, 6.07) is 7.98. The van der Waals surface area contributed by atoms with Crippen molar-refractivity contribution >= 4 is 11.6 Å². The van der Waals surface area contributed by atoms with Crippen molar-refractivity contribution in [2.75, 3.05) is 7.05 Å². The van der Waals surface area contributed by atoms with Crippen LogP contribution in [0.25, 0.3) is 0 Å². The van der Waals surface area contributed by atoms with Crippen LogP contribution >= 0.6 is 11.6 Å². The zero-order valence-corrected chi connectivity index (χ0v) is 12.5. The summed E-state index contributed by atoms with van der Waals surface area (Å²) in [5, 5.41) is 11.0. The minimum Gasteiger partial charge on any atom is -0.389 e. The zero-order chi connectivity index (χ0) is 14.0. The van der Waals surface area contributed by atoms with Gasteiger partial charge in [-0.1, -0.05) is 23.7 Å². The normalized spacial score (nSPS) is 31.7. The van der Waals surface area contributed by atoms with Crippen molar-refractivity contribution in [3.8, 4) is 0 Å². The van der Waals surface area contributed by atoms with Gasteiger partial charge in [-0.2, -0.15) is 0 Å². The minimum absolute atomic E-state index is 0.110. The molecule has 0 radical (unpaired) electrons. The molecule has 4 atom stereocenters. The van der Waals surface area contributed by atoms with E-state index in [0.717, 1.165) is 18.0 Å². The molecule has 106 valence electrons. The number of benzene rings is 1. The van der Waals surface area contributed by atoms with Crippen LogP contribution in [0.1, 0.15) is 25.8 Å². The predicted octanol–water partition coefficient (Wildman–Crippen LogP) is 2.70. The Labute approximate surface area is 120 Å². The van der Waals surface area contributed by atoms with Gasteiger partial charge >= 0.3 is 0 Å². The maximum Gasteiger partial charge on any atom is 0.0954 e. The molecule has 3 nitrogen and oxygen atoms in total. The Kier molecular flexibility index (Phi) is 4.85. The third-order valence-electron chi connectivity index (χ3n) is 3.81. The summed E-state index contributed by atoms with van der Waals surface area (Å²) in [5.41, 5.74) is 1.20. The van der Waals surface area contributed by atoms with Crippen molar-refractivity contribution in [1.82, 2.24) is 4.90 Å². The predicted molar refractivity (Wildman–Crippen MR) is 77.3 cm³/mol. The van der Waals surface area contributed by atoms with Gasteiger partial charge in [0.25, 0.3) is 0 Å². The Hall–Kier alpha value is -0.610. The molecule has 1 aliphatic rings. The van der Waals surface area contributed by atoms with Gasteiger partial charge in [-0.05, 0) is 45.0 Å². The maximum absolute atomic E-state index is 10.3. The lowest BCUT2D eigenvalue weighted by molar-refractivity contribution is -0.138. The third-order valence-corrected chi connectivity index (χ3v) is 4.06. The Morgan fingerprint density at radius 1 is 1.32 bits per heavy atom. The zero-order valence-electron chi connectivity index (χ0n) is 11.7. The molecule has 0 aliphatic carbocycles. The Morgan fingerprint density at radius 2 is 1.95 bits per heavy atom. The van der Waals surface area contributed by atoms with E-state index >= 15 is 0 Å². The monoisotopic (exact) mass is 283 g/mol. The molecule has 0 spiro atoms. The number of hydrogen-bond acceptors (Lipinski definition) is 3. The molecule has 1 fully saturated rings. The van der Waals surface area contributed by atoms with E-state index < -0.39 is 6.10 Å². The molecular formula is C15H22ClNO2. The molecule has 0 aromatic heterocycles. The van der Waals surface area contributed by atoms with E-state index in [1.54, 1.807) is 0 Å². The van der Waals surface area contributed by atoms with Crippen LogP contribution in [0.3, 0.4) is 0 Å². The highest BCUT2D eigenvalue weighted by molar-refractivity contribution is 6.30. The Morgan fingerprint density at radius 3 is 2.58 bits per heavy atom. The van der Waals surface area contributed by atoms with Crippen LogP contribution in [0, 0.1) is 0 Å². The van der Waals surface area contributed by atoms with Gasteiger partial charge in [0, 0.05) is 17.6 Å². The molecule has 0 amide bonds. The van der Waals surface area contributed by atoms with Crippen LogP contribution in [-0.2, 0) is 11.3 Å². The van der Waals surface area contributed by atoms with Crippen LogP contribution in [-0.4, -0.2) is 41.4 Å². The van der Waals surface area contributed by atoms with Gasteiger partial charge in [0.05, 0.1) is 18.3 Å². The Bertz CT molecular complexity index is 409. The lowest BCUT2D eigenvalue weighted by atomic mass is 9.95. The quantitative estimate of drug-likeness (QED) is 0.926. The molecule has 1 saturated heterocycles. The number of rotatable bonds is 3. The molecule has 2 rings (SSSR count). The largest absolute Gasteiger partial charge is 0.389 e. The van der Waals surface area contributed by atoms with E-state index in [-0.39, 0.29) is 18.2 Å². The molecule has 1 aromatic carbocycles. The topological polar surface area (TPSA) is 32.7 Å². The number of aliphatic hydroxyl groups excluding tert-OH is 1. The van der Waals surface area contributed by atoms with Crippen LogP contribution in [0.2, 0.25) is 5.02 Å². The smallest absolute Gasteiger partial charge is 0.0954 e. The average Bonchev–Trinajstić information content (AvgIpc) is 2.36. The first kappa shape index (κ1) is 14.8. The molecule has 4 heteroatoms. The Balaban J connectivity index is 2.02. The molecule has 3 unspecified atom stereocenters. The summed E-state index contributed by atoms with van der Waals surface area (Å²) in [6.07, 6.45) is 0.501. The van der Waals surface area contributed by atoms with E-state index in [2.05, 4.69) is 11.8 Å². The van der Waals surface area contributed by atoms with Gasteiger partial charge in [-0.25, -0.2) is 0 Å². The highest BCUT2D eigenvalue weighted by atomic mass is 35.5. The lowest BCUT2D eigenvalue weighted by Crippen LogP contribution is -2.53. The molecule has 1 N–H and O–H groups in total. The van der Waals surface area contributed by atoms with Crippen LogP contribution in [0.4, 0.5) is 0 Å². The molecule has 1 aromatic rings. The van der Waals surface area contributed by atoms with E-state index in [1.807, 2.05) is 38.2 Å². The summed E-state index contributed by atoms with van der Waals surface area (Å²) in [5.74, 6) is 0. The van der Waals surface area contributed by atoms with Crippen LogP contribution in [0.15, 0.2) is 24.3 Å². The maximum atomic E-state index is 10.3. The van der Waals surface area contributed by atoms with Crippen molar-refractivity contribution in [1.29, 1.82) is 0 Å². The van der Waals surface area contributed by atoms with Crippen molar-refractivity contribution in [2.24, 2.45) is 0 Å². The SMILES string of the molecule is CC1CC(N(C)Cc2ccc(Cl)cc2)C(O)[C@H](C)O1. The summed E-state index contributed by atoms with van der Waals surface area (Å²) in [4.78, 5) is 2.20. The number of likely N-dealkylation sites (N-methyl/N-ethyl adjacent to an activating group) is 1. The van der Waals surface area contributed by atoms with Crippen molar-refractivity contribution < 1.29 is 9.84 Å². The van der Waals surface area contributed by atoms with Crippen molar-refractivity contribution in [2.45, 2.75) is 51.2 Å². The van der Waals surface area contributed by atoms with Gasteiger partial charge in [0.15, 0.2) is 0 Å². The van der Waals surface area contributed by atoms with Gasteiger partial charge in [0.2, 0.25) is 0 Å². The van der Waals surface area contributed by atoms with E-state index in [4.69, 9.17) is 16.3 Å². The number of hydrogen-bond donors (Lipinski definition) is 1. The fourth-order valence-electron chi connectivity index (χ4n) is 2.73. The van der Waals surface area contributed by atoms with Gasteiger partial charge in [-0.3, -0.25) is 4.90 Å². The average molecular weight is 284 g/mol. The van der Waals surface area contributed by atoms with E-state index in [9.17, 15) is 5.11 Å². The highest BCUT2D eigenvalue weighted by Gasteiger charge is 2.35. The lowest BCUT2D eigenvalue weighted by Gasteiger charge is -2.41. The summed E-state index contributed by atoms with van der Waals surface area (Å²) < 4.78 is 5.65. The number of nitrogens with zero attached hydrogens (tertiary/aromatic N) is 1. The first-order chi connectivity index (χ1) is 8.97. The van der Waals surface area contributed by atoms with E-state index in [1.165, 1.54) is 5.56 Å². The number of ether oxygens (including phenoxy) is 1. The van der Waals surface area contributed by atoms with Crippen LogP contribution < -0.4 is 0 Å². The first-order valence-electron chi connectivity index (χ1n) is 6.75. The molecule has 0 bridgehead atoms. The second-order valence-electron chi connectivity index (χ2n) is 5.49. The standard InChI is InChI=1S/C15H22ClNO2/c1-10-8-14(15(18)11(2)19-10)17(3)9-12-4-6-13(16)7-5-12/h4-7,10-11,14-15,18H,8-9H2,1-3H3/t10?,11-,14?,15?/m0/s1. The summed E-state index contributed by atoms with van der Waals surface area (Å²) in [7, 11) is 2.05. The molecule has 0 saturated carbocycles. The second kappa shape index (κ2) is 6.23. The number of aliphatic hydroxyl groups is 1. The minimum atomic E-state index is -0.437. The highest BCUT2D eigenvalue weighted by Crippen LogP contribution is 2.24. The van der Waals surface area contributed by atoms with Crippen molar-refractivity contribution in [3.05, 3.63) is 34.9 Å². The van der Waals surface area contributed by atoms with Gasteiger partial charge in [-0.15, -0.1) is 0 Å². The summed E-state index contributed by atoms with van der Waals surface area (Å²) in [6.45, 7) is 4.80. The summed E-state index contributed by atoms with van der Waals surface area (Å²) >= 11 is 5.89. The molecule has 1 heterocycles. The third kappa shape index (κ3) is 3.69. The molecule has 19 heavy (non-hydrogen) atoms. The van der Waals surface area contributed by atoms with Gasteiger partial charge in [0.1, 0.15) is 0 Å².